The molecule has 0 bridgehead atoms. The van der Waals surface area contributed by atoms with Crippen molar-refractivity contribution in [2.75, 3.05) is 6.61 Å². The lowest BCUT2D eigenvalue weighted by molar-refractivity contribution is -0.139. The molecular weight excluding hydrogens is 235 g/mol. The average molecular weight is 244 g/mol. The van der Waals surface area contributed by atoms with Crippen molar-refractivity contribution in [2.24, 2.45) is 0 Å². The Bertz CT molecular complexity index is 380. The van der Waals surface area contributed by atoms with E-state index in [9.17, 15) is 14.5 Å². The molecule has 0 radical (unpaired) electrons. The number of benzene rings is 1. The molecule has 1 aromatic rings. The van der Waals surface area contributed by atoms with Crippen LogP contribution in [0, 0.1) is 0 Å². The van der Waals surface area contributed by atoms with Crippen LogP contribution in [0.1, 0.15) is 11.9 Å². The Morgan fingerprint density at radius 2 is 2.25 bits per heavy atom. The topological polar surface area (TPSA) is 93.1 Å². The molecule has 2 N–H and O–H groups in total. The second kappa shape index (κ2) is 6.17. The van der Waals surface area contributed by atoms with Gasteiger partial charge in [-0.05, 0) is 12.1 Å². The van der Waals surface area contributed by atoms with Crippen LogP contribution in [-0.4, -0.2) is 22.8 Å². The normalized spacial score (nSPS) is 12.3. The predicted molar refractivity (Wildman–Crippen MR) is 53.2 cm³/mol. The number of aliphatic hydroxyl groups excluding tert-OH is 1. The number of carboxylic acids is 1. The quantitative estimate of drug-likeness (QED) is 0.579. The zero-order chi connectivity index (χ0) is 12.0. The Morgan fingerprint density at radius 1 is 1.50 bits per heavy atom. The fourth-order valence-electron chi connectivity index (χ4n) is 1.00. The Hall–Kier alpha value is -1.49. The zero-order valence-corrected chi connectivity index (χ0v) is 8.96. The first kappa shape index (κ1) is 12.6. The highest BCUT2D eigenvalue weighted by Gasteiger charge is 2.09. The van der Waals surface area contributed by atoms with Gasteiger partial charge < -0.3 is 14.9 Å². The highest BCUT2D eigenvalue weighted by molar-refractivity contribution is 7.17. The number of aliphatic carboxylic acids is 1. The van der Waals surface area contributed by atoms with Gasteiger partial charge in [0.25, 0.3) is 0 Å². The van der Waals surface area contributed by atoms with Crippen molar-refractivity contribution >= 4 is 14.7 Å². The molecule has 0 saturated carbocycles. The first-order valence-corrected chi connectivity index (χ1v) is 4.97. The number of hydrogen-bond donors (Lipinski definition) is 2. The molecule has 7 heteroatoms. The third-order valence-electron chi connectivity index (χ3n) is 1.65. The highest BCUT2D eigenvalue weighted by Crippen LogP contribution is 2.22. The fraction of sp³-hybridized carbons (Fsp3) is 0.222. The summed E-state index contributed by atoms with van der Waals surface area (Å²) in [5, 5.41) is 17.7. The summed E-state index contributed by atoms with van der Waals surface area (Å²) < 4.78 is 19.4. The molecule has 1 rings (SSSR count). The Morgan fingerprint density at radius 3 is 2.88 bits per heavy atom. The standard InChI is InChI=1S/C9H9O6P/c10-8(11)5-14-7-3-1-2-6(4-7)9(12)15-16-13/h1-4,9,12H,5H2,(H,10,11). The molecule has 1 atom stereocenters. The third-order valence-corrected chi connectivity index (χ3v) is 1.93. The molecule has 86 valence electrons. The smallest absolute Gasteiger partial charge is 0.341 e. The van der Waals surface area contributed by atoms with Crippen molar-refractivity contribution in [1.82, 2.24) is 0 Å². The number of rotatable bonds is 6. The number of ether oxygens (including phenoxy) is 1. The van der Waals surface area contributed by atoms with E-state index in [2.05, 4.69) is 4.52 Å². The van der Waals surface area contributed by atoms with Crippen molar-refractivity contribution in [3.8, 4) is 5.75 Å². The number of aliphatic hydroxyl groups is 1. The van der Waals surface area contributed by atoms with Gasteiger partial charge in [-0.2, -0.15) is 0 Å². The number of carboxylic acid groups (broad SMARTS) is 1. The summed E-state index contributed by atoms with van der Waals surface area (Å²) >= 11 is 0. The van der Waals surface area contributed by atoms with E-state index >= 15 is 0 Å². The summed E-state index contributed by atoms with van der Waals surface area (Å²) in [6, 6.07) is 6.02. The van der Waals surface area contributed by atoms with Gasteiger partial charge in [0.05, 0.1) is 0 Å². The van der Waals surface area contributed by atoms with Crippen LogP contribution in [0.25, 0.3) is 0 Å². The van der Waals surface area contributed by atoms with Crippen LogP contribution in [0.3, 0.4) is 0 Å². The molecule has 0 fully saturated rings. The van der Waals surface area contributed by atoms with Crippen LogP contribution < -0.4 is 4.74 Å². The summed E-state index contributed by atoms with van der Waals surface area (Å²) in [5.74, 6) is -0.814. The molecule has 0 aliphatic heterocycles. The lowest BCUT2D eigenvalue weighted by Crippen LogP contribution is -2.09. The lowest BCUT2D eigenvalue weighted by atomic mass is 10.2. The molecule has 0 heterocycles. The largest absolute Gasteiger partial charge is 0.482 e. The summed E-state index contributed by atoms with van der Waals surface area (Å²) in [4.78, 5) is 10.3. The van der Waals surface area contributed by atoms with Crippen molar-refractivity contribution in [3.63, 3.8) is 0 Å². The van der Waals surface area contributed by atoms with E-state index in [1.165, 1.54) is 18.2 Å². The van der Waals surface area contributed by atoms with Gasteiger partial charge in [-0.1, -0.05) is 12.1 Å². The van der Waals surface area contributed by atoms with Gasteiger partial charge in [-0.25, -0.2) is 9.36 Å². The van der Waals surface area contributed by atoms with Crippen LogP contribution in [0.5, 0.6) is 5.75 Å². The predicted octanol–water partition coefficient (Wildman–Crippen LogP) is 1.36. The minimum atomic E-state index is -1.34. The zero-order valence-electron chi connectivity index (χ0n) is 8.07. The van der Waals surface area contributed by atoms with Gasteiger partial charge in [0, 0.05) is 5.56 Å². The minimum Gasteiger partial charge on any atom is -0.482 e. The molecule has 1 unspecified atom stereocenters. The first-order valence-electron chi connectivity index (χ1n) is 4.24. The van der Waals surface area contributed by atoms with E-state index < -0.39 is 27.6 Å². The number of carbonyl (C=O) groups is 1. The lowest BCUT2D eigenvalue weighted by Gasteiger charge is -2.09. The average Bonchev–Trinajstić information content (AvgIpc) is 2.27. The molecule has 0 aliphatic carbocycles. The van der Waals surface area contributed by atoms with E-state index in [0.29, 0.717) is 5.56 Å². The van der Waals surface area contributed by atoms with Gasteiger partial charge in [-0.15, -0.1) is 0 Å². The van der Waals surface area contributed by atoms with Crippen molar-refractivity contribution in [1.29, 1.82) is 0 Å². The van der Waals surface area contributed by atoms with Gasteiger partial charge >= 0.3 is 14.7 Å². The van der Waals surface area contributed by atoms with Crippen LogP contribution in [0.4, 0.5) is 0 Å². The maximum Gasteiger partial charge on any atom is 0.341 e. The Labute approximate surface area is 92.7 Å². The molecule has 0 aliphatic rings. The summed E-state index contributed by atoms with van der Waals surface area (Å²) in [6.07, 6.45) is -1.34. The van der Waals surface area contributed by atoms with E-state index in [0.717, 1.165) is 0 Å². The number of hydrogen-bond acceptors (Lipinski definition) is 5. The molecule has 0 spiro atoms. The van der Waals surface area contributed by atoms with E-state index in [-0.39, 0.29) is 5.75 Å². The SMILES string of the molecule is O=POC(O)c1cccc(OCC(=O)O)c1. The van der Waals surface area contributed by atoms with Crippen molar-refractivity contribution in [2.45, 2.75) is 6.29 Å². The van der Waals surface area contributed by atoms with Crippen molar-refractivity contribution < 1.29 is 28.8 Å². The van der Waals surface area contributed by atoms with Gasteiger partial charge in [0.2, 0.25) is 0 Å². The molecule has 0 amide bonds. The van der Waals surface area contributed by atoms with Crippen LogP contribution >= 0.6 is 8.69 Å². The second-order valence-corrected chi connectivity index (χ2v) is 3.15. The maximum absolute atomic E-state index is 10.3. The van der Waals surface area contributed by atoms with Gasteiger partial charge in [0.15, 0.2) is 12.9 Å². The monoisotopic (exact) mass is 244 g/mol. The fourth-order valence-corrected chi connectivity index (χ4v) is 1.21. The summed E-state index contributed by atoms with van der Waals surface area (Å²) in [6.45, 7) is -0.472. The molecule has 0 aromatic heterocycles. The van der Waals surface area contributed by atoms with E-state index in [4.69, 9.17) is 9.84 Å². The van der Waals surface area contributed by atoms with Gasteiger partial charge in [0.1, 0.15) is 5.75 Å². The van der Waals surface area contributed by atoms with E-state index in [1.807, 2.05) is 0 Å². The highest BCUT2D eigenvalue weighted by atomic mass is 31.1. The van der Waals surface area contributed by atoms with Crippen LogP contribution in [-0.2, 0) is 13.9 Å². The van der Waals surface area contributed by atoms with Gasteiger partial charge in [-0.3, -0.25) is 4.52 Å². The van der Waals surface area contributed by atoms with Crippen LogP contribution in [0.2, 0.25) is 0 Å². The molecular formula is C9H9O6P. The molecule has 0 saturated heterocycles. The first-order chi connectivity index (χ1) is 7.63. The third kappa shape index (κ3) is 3.94. The molecule has 6 nitrogen and oxygen atoms in total. The molecule has 16 heavy (non-hydrogen) atoms. The van der Waals surface area contributed by atoms with Crippen LogP contribution in [0.15, 0.2) is 24.3 Å². The Kier molecular flexibility index (Phi) is 4.85. The Balaban J connectivity index is 2.70. The maximum atomic E-state index is 10.3. The second-order valence-electron chi connectivity index (χ2n) is 2.79. The van der Waals surface area contributed by atoms with E-state index in [1.54, 1.807) is 6.07 Å². The summed E-state index contributed by atoms with van der Waals surface area (Å²) in [7, 11) is -0.642. The minimum absolute atomic E-state index is 0.283. The molecule has 1 aromatic carbocycles. The summed E-state index contributed by atoms with van der Waals surface area (Å²) in [5.41, 5.74) is 0.325. The van der Waals surface area contributed by atoms with Crippen molar-refractivity contribution in [3.05, 3.63) is 29.8 Å².